The summed E-state index contributed by atoms with van der Waals surface area (Å²) < 4.78 is 23.6. The van der Waals surface area contributed by atoms with Gasteiger partial charge in [0.05, 0.1) is 34.7 Å². The SMILES string of the molecule is [C-]#[N+]C1(c2ccc(N(CCCOC3CN(c4ccc5c(c4)C(=O)N(C4CCC(=O)NC4=O)C5=O)C3)c3cc(-c4c(C)noc4C)ccc3C)cc2)CC1.[C-]#[N+]C1(c2ccc(N(CCCOC3CN(c4ccc5c(c4)CN(C4CCC(=O)NC4=O)C5=O)C3)c3cc(-c4c(C)noc4C)ccc3C)cc2)CC1. The zero-order valence-corrected chi connectivity index (χ0v) is 59.8. The third kappa shape index (κ3) is 13.4. The Morgan fingerprint density at radius 2 is 0.971 bits per heavy atom. The molecule has 2 atom stereocenters. The Hall–Kier alpha value is -11.3. The van der Waals surface area contributed by atoms with E-state index in [9.17, 15) is 33.6 Å². The maximum absolute atomic E-state index is 13.3. The van der Waals surface area contributed by atoms with Crippen molar-refractivity contribution in [3.63, 3.8) is 0 Å². The normalized spacial score (nSPS) is 19.2. The van der Waals surface area contributed by atoms with E-state index in [1.807, 2.05) is 52.0 Å². The molecule has 0 spiro atoms. The molecule has 8 heterocycles. The zero-order valence-electron chi connectivity index (χ0n) is 59.8. The number of amides is 7. The van der Waals surface area contributed by atoms with Gasteiger partial charge in [-0.25, -0.2) is 13.1 Å². The summed E-state index contributed by atoms with van der Waals surface area (Å²) in [6.45, 7) is 33.2. The van der Waals surface area contributed by atoms with Crippen molar-refractivity contribution in [2.45, 2.75) is 148 Å². The second kappa shape index (κ2) is 28.1. The van der Waals surface area contributed by atoms with Gasteiger partial charge in [0.25, 0.3) is 28.8 Å². The summed E-state index contributed by atoms with van der Waals surface area (Å²) in [5.41, 5.74) is 17.8. The van der Waals surface area contributed by atoms with Crippen LogP contribution in [0.1, 0.15) is 146 Å². The highest BCUT2D eigenvalue weighted by atomic mass is 16.5. The summed E-state index contributed by atoms with van der Waals surface area (Å²) in [6, 6.07) is 39.3. The Morgan fingerprint density at radius 3 is 1.41 bits per heavy atom. The third-order valence-corrected chi connectivity index (χ3v) is 22.1. The predicted molar refractivity (Wildman–Crippen MR) is 393 cm³/mol. The van der Waals surface area contributed by atoms with Gasteiger partial charge in [-0.15, -0.1) is 0 Å². The number of hydrogen-bond donors (Lipinski definition) is 2. The Bertz CT molecular complexity index is 4870. The van der Waals surface area contributed by atoms with Crippen LogP contribution in [0.15, 0.2) is 130 Å². The molecule has 0 radical (unpaired) electrons. The lowest BCUT2D eigenvalue weighted by molar-refractivity contribution is -0.138. The fraction of sp³-hybridized carbons (Fsp3) is 0.378. The fourth-order valence-corrected chi connectivity index (χ4v) is 15.6. The first-order valence-electron chi connectivity index (χ1n) is 36.2. The molecule has 0 bridgehead atoms. The van der Waals surface area contributed by atoms with Gasteiger partial charge in [-0.05, 0) is 192 Å². The van der Waals surface area contributed by atoms with Gasteiger partial charge in [-0.3, -0.25) is 49.1 Å². The van der Waals surface area contributed by atoms with Crippen molar-refractivity contribution in [1.29, 1.82) is 0 Å². The van der Waals surface area contributed by atoms with E-state index < -0.39 is 41.6 Å². The number of rotatable bonds is 22. The topological polar surface area (TPSA) is 242 Å². The molecule has 2 N–H and O–H groups in total. The molecule has 7 amide bonds. The number of carbonyl (C=O) groups is 7. The molecule has 23 heteroatoms. The number of aryl methyl sites for hydroxylation is 6. The number of nitrogens with one attached hydrogen (secondary N) is 2. The maximum Gasteiger partial charge on any atom is 0.262 e. The predicted octanol–water partition coefficient (Wildman–Crippen LogP) is 12.4. The van der Waals surface area contributed by atoms with E-state index in [1.54, 1.807) is 17.0 Å². The number of imide groups is 3. The Labute approximate surface area is 609 Å². The van der Waals surface area contributed by atoms with Gasteiger partial charge in [0.15, 0.2) is 0 Å². The minimum atomic E-state index is -0.991. The zero-order chi connectivity index (χ0) is 73.2. The number of piperidine rings is 2. The fourth-order valence-electron chi connectivity index (χ4n) is 15.6. The molecule has 4 saturated heterocycles. The Kier molecular flexibility index (Phi) is 18.6. The van der Waals surface area contributed by atoms with Crippen molar-refractivity contribution >= 4 is 75.5 Å². The molecule has 536 valence electrons. The van der Waals surface area contributed by atoms with Crippen LogP contribution in [-0.2, 0) is 46.3 Å². The van der Waals surface area contributed by atoms with Crippen molar-refractivity contribution in [2.75, 3.05) is 72.1 Å². The Morgan fingerprint density at radius 1 is 0.524 bits per heavy atom. The number of nitrogens with zero attached hydrogens (tertiary/aromatic N) is 10. The van der Waals surface area contributed by atoms with Crippen molar-refractivity contribution in [3.05, 3.63) is 212 Å². The van der Waals surface area contributed by atoms with Crippen LogP contribution in [-0.4, -0.2) is 138 Å². The van der Waals surface area contributed by atoms with Crippen LogP contribution in [0.2, 0.25) is 0 Å². The first-order chi connectivity index (χ1) is 50.7. The second-order valence-corrected chi connectivity index (χ2v) is 29.0. The standard InChI is InChI=1S/C41H40N6O6.C41H42N6O5/c1-24-6-7-27(37-25(2)44-53-26(37)3)20-35(24)46(29-10-8-28(9-11-29)41(42-4)16-17-41)18-5-19-52-31-22-45(23-31)30-12-13-32-33(21-30)40(51)47(39(32)50)34-14-15-36(48)43-38(34)49;1-25-6-7-28(38-26(2)44-52-27(38)3)21-36(25)46(31-10-8-30(9-11-31)41(42-4)16-17-41)18-5-19-51-33-23-45(24-33)32-12-13-34-29(20-32)22-47(40(34)50)35-14-15-37(48)43-39(35)49/h6-13,20-21,31,34H,5,14-19,22-23H2,1-3H3,(H,43,48,49);6-13,20-21,33,35H,5,14-19,22-24H2,1-3H3,(H,43,48,49). The summed E-state index contributed by atoms with van der Waals surface area (Å²) in [7, 11) is 0. The lowest BCUT2D eigenvalue weighted by Gasteiger charge is -2.41. The molecule has 105 heavy (non-hydrogen) atoms. The molecule has 6 fully saturated rings. The molecule has 2 saturated carbocycles. The van der Waals surface area contributed by atoms with Gasteiger partial charge < -0.3 is 52.7 Å². The highest BCUT2D eigenvalue weighted by Crippen LogP contribution is 2.51. The van der Waals surface area contributed by atoms with E-state index in [4.69, 9.17) is 31.7 Å². The van der Waals surface area contributed by atoms with Gasteiger partial charge >= 0.3 is 0 Å². The minimum absolute atomic E-state index is 0.0150. The number of benzene rings is 6. The lowest BCUT2D eigenvalue weighted by atomic mass is 10.00. The number of hydrogen-bond acceptors (Lipinski definition) is 17. The molecular formula is C82H82N12O11. The molecule has 2 aromatic heterocycles. The molecule has 8 aliphatic rings. The van der Waals surface area contributed by atoms with Crippen LogP contribution in [0.5, 0.6) is 0 Å². The van der Waals surface area contributed by atoms with Crippen LogP contribution in [0.4, 0.5) is 34.1 Å². The molecule has 2 aliphatic carbocycles. The highest BCUT2D eigenvalue weighted by Gasteiger charge is 2.53. The van der Waals surface area contributed by atoms with Crippen molar-refractivity contribution in [2.24, 2.45) is 0 Å². The van der Waals surface area contributed by atoms with E-state index in [-0.39, 0.29) is 65.5 Å². The van der Waals surface area contributed by atoms with Gasteiger partial charge in [0, 0.05) is 159 Å². The van der Waals surface area contributed by atoms with Crippen molar-refractivity contribution in [3.8, 4) is 22.3 Å². The Balaban J connectivity index is 0.000000169. The average Bonchev–Trinajstić information content (AvgIpc) is 1.68. The van der Waals surface area contributed by atoms with E-state index in [0.717, 1.165) is 170 Å². The lowest BCUT2D eigenvalue weighted by Crippen LogP contribution is -2.54. The summed E-state index contributed by atoms with van der Waals surface area (Å²) in [5.74, 6) is -1.33. The number of fused-ring (bicyclic) bond motifs is 2. The first-order valence-corrected chi connectivity index (χ1v) is 36.2. The number of anilines is 6. The summed E-state index contributed by atoms with van der Waals surface area (Å²) in [4.78, 5) is 107. The molecule has 23 nitrogen and oxygen atoms in total. The van der Waals surface area contributed by atoms with E-state index in [1.165, 1.54) is 0 Å². The number of carbonyl (C=O) groups excluding carboxylic acids is 7. The van der Waals surface area contributed by atoms with Crippen LogP contribution in [0.3, 0.4) is 0 Å². The largest absolute Gasteiger partial charge is 0.374 e. The monoisotopic (exact) mass is 1410 g/mol. The van der Waals surface area contributed by atoms with Crippen molar-refractivity contribution in [1.82, 2.24) is 30.7 Å². The smallest absolute Gasteiger partial charge is 0.262 e. The van der Waals surface area contributed by atoms with E-state index >= 15 is 0 Å². The quantitative estimate of drug-likeness (QED) is 0.0364. The first kappa shape index (κ1) is 69.4. The van der Waals surface area contributed by atoms with Gasteiger partial charge in [-0.1, -0.05) is 34.6 Å². The average molecular weight is 1410 g/mol. The maximum atomic E-state index is 13.3. The number of aromatic nitrogens is 2. The molecule has 8 aromatic rings. The highest BCUT2D eigenvalue weighted by molar-refractivity contribution is 6.24. The summed E-state index contributed by atoms with van der Waals surface area (Å²) >= 11 is 0. The van der Waals surface area contributed by atoms with E-state index in [0.29, 0.717) is 51.4 Å². The molecule has 6 aromatic carbocycles. The molecule has 2 unspecified atom stereocenters. The van der Waals surface area contributed by atoms with Gasteiger partial charge in [0.2, 0.25) is 23.6 Å². The minimum Gasteiger partial charge on any atom is -0.374 e. The van der Waals surface area contributed by atoms with E-state index in [2.05, 4.69) is 149 Å². The van der Waals surface area contributed by atoms with Crippen LogP contribution in [0, 0.1) is 54.7 Å². The number of ether oxygens (including phenoxy) is 2. The van der Waals surface area contributed by atoms with Crippen LogP contribution >= 0.6 is 0 Å². The molecular weight excluding hydrogens is 1330 g/mol. The van der Waals surface area contributed by atoms with Gasteiger partial charge in [-0.2, -0.15) is 0 Å². The third-order valence-electron chi connectivity index (χ3n) is 22.1. The molecule has 6 aliphatic heterocycles. The molecule has 16 rings (SSSR count). The van der Waals surface area contributed by atoms with Crippen LogP contribution in [0.25, 0.3) is 31.9 Å². The van der Waals surface area contributed by atoms with Crippen LogP contribution < -0.4 is 30.2 Å². The van der Waals surface area contributed by atoms with Gasteiger partial charge in [0.1, 0.15) is 23.6 Å². The summed E-state index contributed by atoms with van der Waals surface area (Å²) in [5, 5.41) is 12.9. The van der Waals surface area contributed by atoms with Crippen molar-refractivity contribution < 1.29 is 52.1 Å². The summed E-state index contributed by atoms with van der Waals surface area (Å²) in [6.07, 6.45) is 6.15. The second-order valence-electron chi connectivity index (χ2n) is 29.0.